The fraction of sp³-hybridized carbons (Fsp3) is 0.920. The lowest BCUT2D eigenvalue weighted by Crippen LogP contribution is -2.55. The number of fused-ring (bicyclic) bond motifs is 5. The van der Waals surface area contributed by atoms with Gasteiger partial charge in [0, 0.05) is 18.8 Å². The monoisotopic (exact) mass is 388 g/mol. The van der Waals surface area contributed by atoms with Gasteiger partial charge in [-0.15, -0.1) is 0 Å². The molecule has 0 N–H and O–H groups in total. The van der Waals surface area contributed by atoms with Crippen molar-refractivity contribution < 1.29 is 14.3 Å². The van der Waals surface area contributed by atoms with Gasteiger partial charge in [0.25, 0.3) is 0 Å². The van der Waals surface area contributed by atoms with E-state index in [-0.39, 0.29) is 11.9 Å². The number of ketones is 1. The summed E-state index contributed by atoms with van der Waals surface area (Å²) in [6.07, 6.45) is 12.7. The average molecular weight is 389 g/mol. The minimum Gasteiger partial charge on any atom is -0.469 e. The first kappa shape index (κ1) is 20.4. The first-order chi connectivity index (χ1) is 13.3. The van der Waals surface area contributed by atoms with Gasteiger partial charge in [0.1, 0.15) is 5.78 Å². The Labute approximate surface area is 171 Å². The summed E-state index contributed by atoms with van der Waals surface area (Å²) in [5.74, 6) is 4.70. The summed E-state index contributed by atoms with van der Waals surface area (Å²) >= 11 is 0. The lowest BCUT2D eigenvalue weighted by molar-refractivity contribution is -0.149. The number of hydrogen-bond donors (Lipinski definition) is 0. The molecule has 4 aliphatic rings. The van der Waals surface area contributed by atoms with Gasteiger partial charge in [-0.1, -0.05) is 20.8 Å². The summed E-state index contributed by atoms with van der Waals surface area (Å²) in [5.41, 5.74) is 0.858. The predicted octanol–water partition coefficient (Wildman–Crippen LogP) is 5.80. The number of esters is 1. The van der Waals surface area contributed by atoms with Crippen LogP contribution in [-0.4, -0.2) is 18.9 Å². The van der Waals surface area contributed by atoms with E-state index in [1.807, 2.05) is 0 Å². The zero-order valence-electron chi connectivity index (χ0n) is 18.5. The number of Topliss-reactive ketones (excluding diaryl/α,β-unsaturated/α-hetero) is 1. The van der Waals surface area contributed by atoms with Crippen molar-refractivity contribution in [1.82, 2.24) is 0 Å². The molecule has 0 heterocycles. The van der Waals surface area contributed by atoms with Gasteiger partial charge in [-0.25, -0.2) is 0 Å². The third kappa shape index (κ3) is 3.06. The van der Waals surface area contributed by atoms with Crippen LogP contribution in [0.3, 0.4) is 0 Å². The number of carbonyl (C=O) groups is 2. The Morgan fingerprint density at radius 1 is 1.00 bits per heavy atom. The minimum absolute atomic E-state index is 0.0596. The fourth-order valence-corrected chi connectivity index (χ4v) is 8.70. The van der Waals surface area contributed by atoms with Crippen LogP contribution in [-0.2, 0) is 14.3 Å². The number of hydrogen-bond acceptors (Lipinski definition) is 3. The lowest BCUT2D eigenvalue weighted by atomic mass is 9.43. The van der Waals surface area contributed by atoms with Gasteiger partial charge in [0.15, 0.2) is 0 Å². The Balaban J connectivity index is 1.47. The molecule has 28 heavy (non-hydrogen) atoms. The smallest absolute Gasteiger partial charge is 0.305 e. The number of carbonyl (C=O) groups excluding carboxylic acids is 2. The molecule has 3 nitrogen and oxygen atoms in total. The molecule has 3 heteroatoms. The van der Waals surface area contributed by atoms with Gasteiger partial charge in [0.2, 0.25) is 0 Å². The van der Waals surface area contributed by atoms with Crippen molar-refractivity contribution in [3.8, 4) is 0 Å². The summed E-state index contributed by atoms with van der Waals surface area (Å²) in [7, 11) is 1.49. The average Bonchev–Trinajstić information content (AvgIpc) is 3.01. The van der Waals surface area contributed by atoms with Crippen molar-refractivity contribution in [3.05, 3.63) is 0 Å². The molecule has 158 valence electrons. The quantitative estimate of drug-likeness (QED) is 0.571. The fourth-order valence-electron chi connectivity index (χ4n) is 8.70. The van der Waals surface area contributed by atoms with Gasteiger partial charge in [0.05, 0.1) is 7.11 Å². The highest BCUT2D eigenvalue weighted by Gasteiger charge is 2.60. The molecule has 0 radical (unpaired) electrons. The van der Waals surface area contributed by atoms with E-state index in [0.717, 1.165) is 42.9 Å². The van der Waals surface area contributed by atoms with E-state index in [2.05, 4.69) is 20.8 Å². The summed E-state index contributed by atoms with van der Waals surface area (Å²) in [6, 6.07) is 0. The molecule has 0 aromatic heterocycles. The molecule has 0 aliphatic heterocycles. The van der Waals surface area contributed by atoms with E-state index >= 15 is 0 Å². The van der Waals surface area contributed by atoms with Crippen LogP contribution < -0.4 is 0 Å². The maximum absolute atomic E-state index is 12.4. The minimum atomic E-state index is -0.0596. The molecule has 8 atom stereocenters. The van der Waals surface area contributed by atoms with Crippen molar-refractivity contribution >= 4 is 11.8 Å². The first-order valence-corrected chi connectivity index (χ1v) is 11.9. The first-order valence-electron chi connectivity index (χ1n) is 11.9. The Bertz CT molecular complexity index is 627. The molecule has 0 spiro atoms. The Hall–Kier alpha value is -0.860. The third-order valence-corrected chi connectivity index (χ3v) is 10.3. The van der Waals surface area contributed by atoms with E-state index in [9.17, 15) is 9.59 Å². The number of ether oxygens (including phenoxy) is 1. The van der Waals surface area contributed by atoms with Gasteiger partial charge < -0.3 is 4.74 Å². The predicted molar refractivity (Wildman–Crippen MR) is 111 cm³/mol. The molecule has 4 fully saturated rings. The highest BCUT2D eigenvalue weighted by molar-refractivity contribution is 5.82. The lowest BCUT2D eigenvalue weighted by Gasteiger charge is -2.61. The van der Waals surface area contributed by atoms with Crippen LogP contribution in [0, 0.1) is 46.3 Å². The van der Waals surface area contributed by atoms with E-state index in [1.165, 1.54) is 52.1 Å². The van der Waals surface area contributed by atoms with Gasteiger partial charge in [-0.2, -0.15) is 0 Å². The van der Waals surface area contributed by atoms with E-state index < -0.39 is 0 Å². The number of methoxy groups -OCH3 is 1. The molecule has 8 unspecified atom stereocenters. The zero-order chi connectivity index (χ0) is 20.1. The maximum atomic E-state index is 12.4. The molecule has 0 amide bonds. The summed E-state index contributed by atoms with van der Waals surface area (Å²) in [5, 5.41) is 0. The molecule has 4 aliphatic carbocycles. The van der Waals surface area contributed by atoms with Crippen molar-refractivity contribution in [2.45, 2.75) is 91.4 Å². The topological polar surface area (TPSA) is 43.4 Å². The van der Waals surface area contributed by atoms with E-state index in [1.54, 1.807) is 0 Å². The molecule has 0 aromatic rings. The normalized spacial score (nSPS) is 47.8. The van der Waals surface area contributed by atoms with Crippen LogP contribution >= 0.6 is 0 Å². The second-order valence-corrected chi connectivity index (χ2v) is 11.1. The Kier molecular flexibility index (Phi) is 5.42. The van der Waals surface area contributed by atoms with E-state index in [0.29, 0.717) is 29.0 Å². The summed E-state index contributed by atoms with van der Waals surface area (Å²) < 4.78 is 4.83. The second kappa shape index (κ2) is 7.43. The molecular formula is C25H40O3. The van der Waals surface area contributed by atoms with Crippen molar-refractivity contribution in [1.29, 1.82) is 0 Å². The zero-order valence-corrected chi connectivity index (χ0v) is 18.5. The largest absolute Gasteiger partial charge is 0.469 e. The van der Waals surface area contributed by atoms with Gasteiger partial charge in [-0.3, -0.25) is 9.59 Å². The second-order valence-electron chi connectivity index (χ2n) is 11.1. The highest BCUT2D eigenvalue weighted by atomic mass is 16.5. The van der Waals surface area contributed by atoms with Gasteiger partial charge >= 0.3 is 5.97 Å². The standard InChI is InChI=1S/C25H40O3/c1-16-19-11-9-18-20-10-8-17(6-5-7-23(27)28-4)24(20,2)14-12-21(18)25(19,3)15-13-22(16)26/h16-21H,5-15H2,1-4H3. The highest BCUT2D eigenvalue weighted by Crippen LogP contribution is 2.68. The molecular weight excluding hydrogens is 348 g/mol. The Morgan fingerprint density at radius 2 is 1.71 bits per heavy atom. The Morgan fingerprint density at radius 3 is 2.46 bits per heavy atom. The molecule has 4 rings (SSSR count). The van der Waals surface area contributed by atoms with Crippen LogP contribution in [0.5, 0.6) is 0 Å². The summed E-state index contributed by atoms with van der Waals surface area (Å²) in [6.45, 7) is 7.33. The van der Waals surface area contributed by atoms with E-state index in [4.69, 9.17) is 4.74 Å². The SMILES string of the molecule is COC(=O)CCCC1CCC2C3CCC4C(C)C(=O)CCC4(C)C3CCC12C. The van der Waals surface area contributed by atoms with Crippen molar-refractivity contribution in [2.75, 3.05) is 7.11 Å². The van der Waals surface area contributed by atoms with Crippen molar-refractivity contribution in [2.24, 2.45) is 46.3 Å². The van der Waals surface area contributed by atoms with Crippen LogP contribution in [0.4, 0.5) is 0 Å². The molecule has 0 aromatic carbocycles. The van der Waals surface area contributed by atoms with Crippen molar-refractivity contribution in [3.63, 3.8) is 0 Å². The molecule has 4 saturated carbocycles. The number of rotatable bonds is 4. The van der Waals surface area contributed by atoms with Crippen LogP contribution in [0.1, 0.15) is 91.4 Å². The maximum Gasteiger partial charge on any atom is 0.305 e. The molecule has 0 saturated heterocycles. The van der Waals surface area contributed by atoms with Crippen LogP contribution in [0.15, 0.2) is 0 Å². The van der Waals surface area contributed by atoms with Gasteiger partial charge in [-0.05, 0) is 98.2 Å². The summed E-state index contributed by atoms with van der Waals surface area (Å²) in [4.78, 5) is 23.9. The molecule has 0 bridgehead atoms. The third-order valence-electron chi connectivity index (χ3n) is 10.3. The van der Waals surface area contributed by atoms with Crippen LogP contribution in [0.2, 0.25) is 0 Å². The van der Waals surface area contributed by atoms with Crippen LogP contribution in [0.25, 0.3) is 0 Å².